The molecular formula is C13H16ClNO2. The van der Waals surface area contributed by atoms with Gasteiger partial charge in [-0.3, -0.25) is 4.79 Å². The Bertz CT molecular complexity index is 414. The van der Waals surface area contributed by atoms with Crippen LogP contribution in [0.15, 0.2) is 18.2 Å². The number of carbonyl (C=O) groups excluding carboxylic acids is 1. The average molecular weight is 254 g/mol. The van der Waals surface area contributed by atoms with Gasteiger partial charge in [0.1, 0.15) is 0 Å². The molecule has 2 rings (SSSR count). The van der Waals surface area contributed by atoms with Crippen molar-refractivity contribution < 1.29 is 9.53 Å². The zero-order chi connectivity index (χ0) is 12.3. The Hall–Kier alpha value is -1.06. The van der Waals surface area contributed by atoms with E-state index in [9.17, 15) is 4.79 Å². The molecule has 1 aromatic rings. The molecule has 92 valence electrons. The summed E-state index contributed by atoms with van der Waals surface area (Å²) < 4.78 is 5.31. The number of Topliss-reactive ketones (excluding diaryl/α,β-unsaturated/α-hetero) is 1. The lowest BCUT2D eigenvalue weighted by molar-refractivity contribution is 0.0988. The fourth-order valence-electron chi connectivity index (χ4n) is 1.94. The standard InChI is InChI=1S/C13H16ClNO2/c1-2-13(16)10-3-4-11(14)12(9-10)15-5-7-17-8-6-15/h3-4,9H,2,5-8H2,1H3. The number of hydrogen-bond donors (Lipinski definition) is 0. The number of rotatable bonds is 3. The minimum atomic E-state index is 0.149. The normalized spacial score (nSPS) is 16.0. The van der Waals surface area contributed by atoms with E-state index in [2.05, 4.69) is 4.90 Å². The summed E-state index contributed by atoms with van der Waals surface area (Å²) >= 11 is 6.18. The lowest BCUT2D eigenvalue weighted by Crippen LogP contribution is -2.36. The van der Waals surface area contributed by atoms with E-state index in [1.54, 1.807) is 12.1 Å². The number of ketones is 1. The quantitative estimate of drug-likeness (QED) is 0.776. The molecule has 0 spiro atoms. The lowest BCUT2D eigenvalue weighted by Gasteiger charge is -2.29. The number of carbonyl (C=O) groups is 1. The summed E-state index contributed by atoms with van der Waals surface area (Å²) in [4.78, 5) is 13.8. The van der Waals surface area contributed by atoms with Gasteiger partial charge < -0.3 is 9.64 Å². The molecular weight excluding hydrogens is 238 g/mol. The van der Waals surface area contributed by atoms with Crippen molar-refractivity contribution in [2.24, 2.45) is 0 Å². The van der Waals surface area contributed by atoms with Gasteiger partial charge in [0.05, 0.1) is 23.9 Å². The first-order chi connectivity index (χ1) is 8.22. The molecule has 1 saturated heterocycles. The summed E-state index contributed by atoms with van der Waals surface area (Å²) in [6.45, 7) is 4.93. The van der Waals surface area contributed by atoms with Crippen molar-refractivity contribution in [3.05, 3.63) is 28.8 Å². The van der Waals surface area contributed by atoms with E-state index in [0.29, 0.717) is 24.7 Å². The van der Waals surface area contributed by atoms with Gasteiger partial charge in [0, 0.05) is 25.1 Å². The van der Waals surface area contributed by atoms with Crippen LogP contribution < -0.4 is 4.90 Å². The van der Waals surface area contributed by atoms with Crippen LogP contribution in [0, 0.1) is 0 Å². The van der Waals surface area contributed by atoms with Crippen LogP contribution in [0.1, 0.15) is 23.7 Å². The van der Waals surface area contributed by atoms with E-state index in [1.807, 2.05) is 13.0 Å². The summed E-state index contributed by atoms with van der Waals surface area (Å²) in [5.41, 5.74) is 1.67. The van der Waals surface area contributed by atoms with Crippen LogP contribution in [0.3, 0.4) is 0 Å². The van der Waals surface area contributed by atoms with Gasteiger partial charge in [-0.2, -0.15) is 0 Å². The molecule has 0 unspecified atom stereocenters. The summed E-state index contributed by atoms with van der Waals surface area (Å²) in [7, 11) is 0. The first kappa shape index (κ1) is 12.4. The third kappa shape index (κ3) is 2.79. The first-order valence-corrected chi connectivity index (χ1v) is 6.25. The van der Waals surface area contributed by atoms with Crippen molar-refractivity contribution in [3.63, 3.8) is 0 Å². The van der Waals surface area contributed by atoms with Gasteiger partial charge in [-0.05, 0) is 18.2 Å². The number of anilines is 1. The molecule has 0 atom stereocenters. The maximum atomic E-state index is 11.7. The molecule has 3 nitrogen and oxygen atoms in total. The Morgan fingerprint density at radius 2 is 2.12 bits per heavy atom. The Morgan fingerprint density at radius 3 is 2.76 bits per heavy atom. The fourth-order valence-corrected chi connectivity index (χ4v) is 2.17. The van der Waals surface area contributed by atoms with Gasteiger partial charge >= 0.3 is 0 Å². The second kappa shape index (κ2) is 5.52. The molecule has 0 aromatic heterocycles. The van der Waals surface area contributed by atoms with Crippen molar-refractivity contribution in [2.75, 3.05) is 31.2 Å². The maximum Gasteiger partial charge on any atom is 0.162 e. The molecule has 0 amide bonds. The second-order valence-electron chi connectivity index (χ2n) is 4.04. The smallest absolute Gasteiger partial charge is 0.162 e. The molecule has 0 saturated carbocycles. The third-order valence-electron chi connectivity index (χ3n) is 2.94. The summed E-state index contributed by atoms with van der Waals surface area (Å²) in [6.07, 6.45) is 0.518. The van der Waals surface area contributed by atoms with E-state index in [1.165, 1.54) is 0 Å². The van der Waals surface area contributed by atoms with Crippen LogP contribution >= 0.6 is 11.6 Å². The number of morpholine rings is 1. The van der Waals surface area contributed by atoms with Crippen molar-refractivity contribution in [3.8, 4) is 0 Å². The number of hydrogen-bond acceptors (Lipinski definition) is 3. The SMILES string of the molecule is CCC(=O)c1ccc(Cl)c(N2CCOCC2)c1. The summed E-state index contributed by atoms with van der Waals surface area (Å²) in [6, 6.07) is 5.48. The number of ether oxygens (including phenoxy) is 1. The first-order valence-electron chi connectivity index (χ1n) is 5.88. The zero-order valence-corrected chi connectivity index (χ0v) is 10.7. The Balaban J connectivity index is 2.28. The lowest BCUT2D eigenvalue weighted by atomic mass is 10.1. The van der Waals surface area contributed by atoms with Gasteiger partial charge in [0.2, 0.25) is 0 Å². The van der Waals surface area contributed by atoms with Gasteiger partial charge in [-0.25, -0.2) is 0 Å². The molecule has 1 heterocycles. The molecule has 0 aliphatic carbocycles. The zero-order valence-electron chi connectivity index (χ0n) is 9.91. The summed E-state index contributed by atoms with van der Waals surface area (Å²) in [5.74, 6) is 0.149. The predicted molar refractivity (Wildman–Crippen MR) is 69.1 cm³/mol. The minimum Gasteiger partial charge on any atom is -0.378 e. The van der Waals surface area contributed by atoms with Crippen molar-refractivity contribution >= 4 is 23.1 Å². The van der Waals surface area contributed by atoms with E-state index in [0.717, 1.165) is 24.3 Å². The van der Waals surface area contributed by atoms with Crippen LogP contribution in [0.5, 0.6) is 0 Å². The highest BCUT2D eigenvalue weighted by atomic mass is 35.5. The van der Waals surface area contributed by atoms with Gasteiger partial charge in [-0.1, -0.05) is 18.5 Å². The van der Waals surface area contributed by atoms with Crippen LogP contribution in [0.2, 0.25) is 5.02 Å². The minimum absolute atomic E-state index is 0.149. The molecule has 1 fully saturated rings. The molecule has 1 aromatic carbocycles. The number of benzene rings is 1. The van der Waals surface area contributed by atoms with Gasteiger partial charge in [0.15, 0.2) is 5.78 Å². The highest BCUT2D eigenvalue weighted by Crippen LogP contribution is 2.28. The topological polar surface area (TPSA) is 29.5 Å². The molecule has 0 radical (unpaired) electrons. The van der Waals surface area contributed by atoms with Crippen LogP contribution in [0.4, 0.5) is 5.69 Å². The number of nitrogens with zero attached hydrogens (tertiary/aromatic N) is 1. The molecule has 17 heavy (non-hydrogen) atoms. The summed E-state index contributed by atoms with van der Waals surface area (Å²) in [5, 5.41) is 0.694. The van der Waals surface area contributed by atoms with Crippen LogP contribution in [0.25, 0.3) is 0 Å². The highest BCUT2D eigenvalue weighted by Gasteiger charge is 2.15. The second-order valence-corrected chi connectivity index (χ2v) is 4.45. The van der Waals surface area contributed by atoms with Gasteiger partial charge in [0.25, 0.3) is 0 Å². The Labute approximate surface area is 106 Å². The third-order valence-corrected chi connectivity index (χ3v) is 3.26. The van der Waals surface area contributed by atoms with Gasteiger partial charge in [-0.15, -0.1) is 0 Å². The van der Waals surface area contributed by atoms with E-state index in [4.69, 9.17) is 16.3 Å². The molecule has 0 bridgehead atoms. The van der Waals surface area contributed by atoms with E-state index >= 15 is 0 Å². The van der Waals surface area contributed by atoms with E-state index in [-0.39, 0.29) is 5.78 Å². The molecule has 1 aliphatic rings. The van der Waals surface area contributed by atoms with Crippen LogP contribution in [-0.2, 0) is 4.74 Å². The highest BCUT2D eigenvalue weighted by molar-refractivity contribution is 6.33. The van der Waals surface area contributed by atoms with Crippen molar-refractivity contribution in [2.45, 2.75) is 13.3 Å². The van der Waals surface area contributed by atoms with E-state index < -0.39 is 0 Å². The van der Waals surface area contributed by atoms with Crippen molar-refractivity contribution in [1.82, 2.24) is 0 Å². The molecule has 0 N–H and O–H groups in total. The van der Waals surface area contributed by atoms with Crippen molar-refractivity contribution in [1.29, 1.82) is 0 Å². The average Bonchev–Trinajstić information content (AvgIpc) is 2.39. The predicted octanol–water partition coefficient (Wildman–Crippen LogP) is 2.77. The monoisotopic (exact) mass is 253 g/mol. The molecule has 1 aliphatic heterocycles. The molecule has 4 heteroatoms. The van der Waals surface area contributed by atoms with Crippen LogP contribution in [-0.4, -0.2) is 32.1 Å². The fraction of sp³-hybridized carbons (Fsp3) is 0.462. The largest absolute Gasteiger partial charge is 0.378 e. The Morgan fingerprint density at radius 1 is 1.41 bits per heavy atom. The maximum absolute atomic E-state index is 11.7. The Kier molecular flexibility index (Phi) is 4.02. The number of halogens is 1.